The van der Waals surface area contributed by atoms with Gasteiger partial charge in [-0.05, 0) is 12.1 Å². The molecule has 0 radical (unpaired) electrons. The Balaban J connectivity index is 2.47. The van der Waals surface area contributed by atoms with Crippen LogP contribution in [0.15, 0.2) is 18.2 Å². The van der Waals surface area contributed by atoms with Gasteiger partial charge in [-0.2, -0.15) is 0 Å². The lowest BCUT2D eigenvalue weighted by Crippen LogP contribution is -2.21. The molecule has 2 nitrogen and oxygen atoms in total. The van der Waals surface area contributed by atoms with Crippen LogP contribution in [0.25, 0.3) is 0 Å². The van der Waals surface area contributed by atoms with Crippen molar-refractivity contribution in [1.82, 2.24) is 5.32 Å². The lowest BCUT2D eigenvalue weighted by Gasteiger charge is -2.05. The highest BCUT2D eigenvalue weighted by Gasteiger charge is 2.06. The van der Waals surface area contributed by atoms with Gasteiger partial charge in [-0.15, -0.1) is 0 Å². The molecule has 15 heavy (non-hydrogen) atoms. The third-order valence-electron chi connectivity index (χ3n) is 1.93. The van der Waals surface area contributed by atoms with Crippen molar-refractivity contribution in [3.63, 3.8) is 0 Å². The normalized spacial score (nSPS) is 12.7. The highest BCUT2D eigenvalue weighted by atomic mass is 32.2. The van der Waals surface area contributed by atoms with Crippen LogP contribution in [-0.4, -0.2) is 22.8 Å². The van der Waals surface area contributed by atoms with E-state index in [-0.39, 0.29) is 12.1 Å². The fourth-order valence-corrected chi connectivity index (χ4v) is 1.56. The molecule has 1 aromatic carbocycles. The summed E-state index contributed by atoms with van der Waals surface area (Å²) in [4.78, 5) is 0. The summed E-state index contributed by atoms with van der Waals surface area (Å²) in [6.45, 7) is 0.604. The van der Waals surface area contributed by atoms with E-state index in [9.17, 15) is 13.0 Å². The van der Waals surface area contributed by atoms with E-state index < -0.39 is 22.4 Å². The maximum absolute atomic E-state index is 13.1. The van der Waals surface area contributed by atoms with Crippen LogP contribution in [0, 0.1) is 11.6 Å². The molecule has 1 N–H and O–H groups in total. The molecule has 0 fully saturated rings. The molecule has 0 bridgehead atoms. The topological polar surface area (TPSA) is 29.1 Å². The zero-order chi connectivity index (χ0) is 11.3. The first-order valence-corrected chi connectivity index (χ1v) is 6.27. The predicted octanol–water partition coefficient (Wildman–Crippen LogP) is 1.43. The molecule has 0 aliphatic rings. The Morgan fingerprint density at radius 2 is 1.93 bits per heavy atom. The van der Waals surface area contributed by atoms with Gasteiger partial charge >= 0.3 is 0 Å². The largest absolute Gasteiger partial charge is 0.312 e. The summed E-state index contributed by atoms with van der Waals surface area (Å²) in [5, 5.41) is 2.84. The molecular weight excluding hydrogens is 220 g/mol. The van der Waals surface area contributed by atoms with E-state index in [2.05, 4.69) is 5.32 Å². The number of halogens is 2. The van der Waals surface area contributed by atoms with E-state index in [1.54, 1.807) is 6.26 Å². The van der Waals surface area contributed by atoms with Gasteiger partial charge in [0.05, 0.1) is 0 Å². The molecule has 1 rings (SSSR count). The molecule has 84 valence electrons. The second-order valence-electron chi connectivity index (χ2n) is 3.15. The number of hydrogen-bond donors (Lipinski definition) is 1. The van der Waals surface area contributed by atoms with Gasteiger partial charge in [-0.3, -0.25) is 4.21 Å². The third-order valence-corrected chi connectivity index (χ3v) is 2.71. The number of rotatable bonds is 5. The van der Waals surface area contributed by atoms with Crippen molar-refractivity contribution in [2.75, 3.05) is 18.6 Å². The van der Waals surface area contributed by atoms with Gasteiger partial charge in [0.1, 0.15) is 11.6 Å². The van der Waals surface area contributed by atoms with Crippen LogP contribution in [0.4, 0.5) is 8.78 Å². The summed E-state index contributed by atoms with van der Waals surface area (Å²) >= 11 is 0. The predicted molar refractivity (Wildman–Crippen MR) is 57.0 cm³/mol. The maximum atomic E-state index is 13.1. The van der Waals surface area contributed by atoms with Crippen LogP contribution in [-0.2, 0) is 17.3 Å². The second-order valence-corrected chi connectivity index (χ2v) is 4.71. The molecule has 1 aromatic rings. The first kappa shape index (κ1) is 12.3. The van der Waals surface area contributed by atoms with E-state index in [1.165, 1.54) is 18.2 Å². The summed E-state index contributed by atoms with van der Waals surface area (Å²) in [6.07, 6.45) is 1.59. The lowest BCUT2D eigenvalue weighted by molar-refractivity contribution is 0.540. The van der Waals surface area contributed by atoms with Gasteiger partial charge in [0.2, 0.25) is 0 Å². The van der Waals surface area contributed by atoms with Crippen molar-refractivity contribution in [3.05, 3.63) is 35.4 Å². The summed E-state index contributed by atoms with van der Waals surface area (Å²) in [5.41, 5.74) is 0.0272. The van der Waals surface area contributed by atoms with E-state index in [4.69, 9.17) is 0 Å². The third kappa shape index (κ3) is 4.05. The molecule has 0 saturated heterocycles. The van der Waals surface area contributed by atoms with Gasteiger partial charge in [0.25, 0.3) is 0 Å². The van der Waals surface area contributed by atoms with Crippen LogP contribution >= 0.6 is 0 Å². The van der Waals surface area contributed by atoms with Crippen molar-refractivity contribution in [3.8, 4) is 0 Å². The minimum absolute atomic E-state index is 0.0272. The average molecular weight is 233 g/mol. The summed E-state index contributed by atoms with van der Waals surface area (Å²) in [7, 11) is -0.884. The fourth-order valence-electron chi connectivity index (χ4n) is 1.13. The van der Waals surface area contributed by atoms with Crippen molar-refractivity contribution in [2.24, 2.45) is 0 Å². The highest BCUT2D eigenvalue weighted by molar-refractivity contribution is 7.84. The zero-order valence-electron chi connectivity index (χ0n) is 8.43. The van der Waals surface area contributed by atoms with Crippen LogP contribution in [0.3, 0.4) is 0 Å². The lowest BCUT2D eigenvalue weighted by atomic mass is 10.2. The monoisotopic (exact) mass is 233 g/mol. The Morgan fingerprint density at radius 1 is 1.33 bits per heavy atom. The van der Waals surface area contributed by atoms with Gasteiger partial charge in [0.15, 0.2) is 0 Å². The molecule has 0 saturated carbocycles. The van der Waals surface area contributed by atoms with Gasteiger partial charge in [0, 0.05) is 41.5 Å². The number of hydrogen-bond acceptors (Lipinski definition) is 2. The Labute approximate surface area is 90.1 Å². The summed E-state index contributed by atoms with van der Waals surface area (Å²) < 4.78 is 36.9. The summed E-state index contributed by atoms with van der Waals surface area (Å²) in [5.74, 6) is -0.629. The fraction of sp³-hybridized carbons (Fsp3) is 0.400. The minimum atomic E-state index is -0.884. The average Bonchev–Trinajstić information content (AvgIpc) is 2.15. The van der Waals surface area contributed by atoms with Crippen molar-refractivity contribution < 1.29 is 13.0 Å². The molecule has 5 heteroatoms. The molecule has 0 aliphatic carbocycles. The van der Waals surface area contributed by atoms with Crippen LogP contribution < -0.4 is 5.32 Å². The first-order valence-electron chi connectivity index (χ1n) is 4.55. The molecule has 0 amide bonds. The van der Waals surface area contributed by atoms with E-state index >= 15 is 0 Å². The molecule has 0 aliphatic heterocycles. The molecule has 1 atom stereocenters. The molecule has 1 unspecified atom stereocenters. The minimum Gasteiger partial charge on any atom is -0.312 e. The van der Waals surface area contributed by atoms with Gasteiger partial charge < -0.3 is 5.32 Å². The smallest absolute Gasteiger partial charge is 0.130 e. The highest BCUT2D eigenvalue weighted by Crippen LogP contribution is 2.11. The standard InChI is InChI=1S/C10H13F2NOS/c1-15(14)6-5-13-7-8-9(11)3-2-4-10(8)12/h2-4,13H,5-7H2,1H3. The first-order chi connectivity index (χ1) is 7.11. The summed E-state index contributed by atoms with van der Waals surface area (Å²) in [6, 6.07) is 3.77. The Morgan fingerprint density at radius 3 is 2.47 bits per heavy atom. The maximum Gasteiger partial charge on any atom is 0.130 e. The van der Waals surface area contributed by atoms with Crippen LogP contribution in [0.2, 0.25) is 0 Å². The Kier molecular flexibility index (Phi) is 4.84. The zero-order valence-corrected chi connectivity index (χ0v) is 9.24. The Hall–Kier alpha value is -0.810. The molecule has 0 aromatic heterocycles. The number of nitrogens with one attached hydrogen (secondary N) is 1. The molecule has 0 heterocycles. The van der Waals surface area contributed by atoms with Gasteiger partial charge in [-0.1, -0.05) is 6.07 Å². The van der Waals surface area contributed by atoms with Gasteiger partial charge in [-0.25, -0.2) is 8.78 Å². The van der Waals surface area contributed by atoms with E-state index in [1.807, 2.05) is 0 Å². The Bertz CT molecular complexity index is 337. The van der Waals surface area contributed by atoms with E-state index in [0.29, 0.717) is 12.3 Å². The number of benzene rings is 1. The molecular formula is C10H13F2NOS. The van der Waals surface area contributed by atoms with Crippen molar-refractivity contribution >= 4 is 10.8 Å². The van der Waals surface area contributed by atoms with Crippen LogP contribution in [0.5, 0.6) is 0 Å². The second kappa shape index (κ2) is 5.92. The quantitative estimate of drug-likeness (QED) is 0.780. The van der Waals surface area contributed by atoms with E-state index in [0.717, 1.165) is 0 Å². The molecule has 0 spiro atoms. The SMILES string of the molecule is CS(=O)CCNCc1c(F)cccc1F. The van der Waals surface area contributed by atoms with Crippen LogP contribution in [0.1, 0.15) is 5.56 Å². The van der Waals surface area contributed by atoms with Crippen molar-refractivity contribution in [2.45, 2.75) is 6.54 Å². The van der Waals surface area contributed by atoms with Crippen molar-refractivity contribution in [1.29, 1.82) is 0 Å².